The monoisotopic (exact) mass is 196 g/mol. The molecule has 14 heavy (non-hydrogen) atoms. The first-order chi connectivity index (χ1) is 6.74. The van der Waals surface area contributed by atoms with E-state index in [9.17, 15) is 9.18 Å². The average Bonchev–Trinajstić information content (AvgIpc) is 2.18. The van der Waals surface area contributed by atoms with Gasteiger partial charge in [-0.15, -0.1) is 0 Å². The lowest BCUT2D eigenvalue weighted by Crippen LogP contribution is -2.17. The minimum atomic E-state index is -0.550. The van der Waals surface area contributed by atoms with Crippen LogP contribution in [0.5, 0.6) is 11.5 Å². The van der Waals surface area contributed by atoms with E-state index in [0.29, 0.717) is 5.75 Å². The second-order valence-electron chi connectivity index (χ2n) is 2.98. The molecule has 0 amide bonds. The van der Waals surface area contributed by atoms with Crippen LogP contribution in [0.1, 0.15) is 16.8 Å². The van der Waals surface area contributed by atoms with E-state index in [0.717, 1.165) is 0 Å². The minimum Gasteiger partial charge on any atom is -0.493 e. The van der Waals surface area contributed by atoms with Crippen LogP contribution < -0.4 is 9.47 Å². The molecular formula is C10H9FO3. The molecule has 0 N–H and O–H groups in total. The van der Waals surface area contributed by atoms with Crippen molar-refractivity contribution in [3.63, 3.8) is 0 Å². The maximum Gasteiger partial charge on any atom is 0.174 e. The molecule has 1 aromatic rings. The van der Waals surface area contributed by atoms with E-state index in [1.165, 1.54) is 19.2 Å². The van der Waals surface area contributed by atoms with Gasteiger partial charge in [0.1, 0.15) is 5.82 Å². The van der Waals surface area contributed by atoms with Crippen molar-refractivity contribution in [1.82, 2.24) is 0 Å². The van der Waals surface area contributed by atoms with Crippen LogP contribution in [0, 0.1) is 5.82 Å². The molecular weight excluding hydrogens is 187 g/mol. The molecule has 3 nitrogen and oxygen atoms in total. The molecule has 1 aliphatic rings. The average molecular weight is 196 g/mol. The number of hydrogen-bond donors (Lipinski definition) is 0. The van der Waals surface area contributed by atoms with Gasteiger partial charge >= 0.3 is 0 Å². The van der Waals surface area contributed by atoms with Gasteiger partial charge in [0, 0.05) is 6.42 Å². The zero-order valence-corrected chi connectivity index (χ0v) is 7.67. The van der Waals surface area contributed by atoms with E-state index in [1.54, 1.807) is 0 Å². The van der Waals surface area contributed by atoms with Crippen LogP contribution in [0.15, 0.2) is 12.1 Å². The first kappa shape index (κ1) is 8.99. The largest absolute Gasteiger partial charge is 0.493 e. The van der Waals surface area contributed by atoms with Crippen LogP contribution in [0.2, 0.25) is 0 Å². The van der Waals surface area contributed by atoms with Gasteiger partial charge in [0.2, 0.25) is 0 Å². The number of fused-ring (bicyclic) bond motifs is 1. The topological polar surface area (TPSA) is 35.5 Å². The fraction of sp³-hybridized carbons (Fsp3) is 0.300. The number of benzene rings is 1. The molecule has 0 saturated carbocycles. The van der Waals surface area contributed by atoms with Gasteiger partial charge in [0.25, 0.3) is 0 Å². The summed E-state index contributed by atoms with van der Waals surface area (Å²) in [5, 5.41) is 0. The van der Waals surface area contributed by atoms with Gasteiger partial charge in [-0.3, -0.25) is 4.79 Å². The van der Waals surface area contributed by atoms with Crippen LogP contribution in [-0.4, -0.2) is 19.5 Å². The molecule has 1 heterocycles. The molecule has 0 spiro atoms. The number of ketones is 1. The number of carbonyl (C=O) groups is 1. The van der Waals surface area contributed by atoms with Crippen molar-refractivity contribution in [2.45, 2.75) is 6.42 Å². The zero-order chi connectivity index (χ0) is 10.1. The molecule has 0 bridgehead atoms. The number of methoxy groups -OCH3 is 1. The Hall–Kier alpha value is -1.58. The Morgan fingerprint density at radius 3 is 3.00 bits per heavy atom. The van der Waals surface area contributed by atoms with Gasteiger partial charge in [-0.1, -0.05) is 0 Å². The highest BCUT2D eigenvalue weighted by Gasteiger charge is 2.25. The summed E-state index contributed by atoms with van der Waals surface area (Å²) in [5.41, 5.74) is 0.00981. The third kappa shape index (κ3) is 1.23. The molecule has 0 unspecified atom stereocenters. The molecule has 0 radical (unpaired) electrons. The van der Waals surface area contributed by atoms with Crippen LogP contribution in [0.4, 0.5) is 4.39 Å². The highest BCUT2D eigenvalue weighted by molar-refractivity contribution is 6.00. The van der Waals surface area contributed by atoms with Gasteiger partial charge < -0.3 is 9.47 Å². The lowest BCUT2D eigenvalue weighted by molar-refractivity contribution is 0.0924. The quantitative estimate of drug-likeness (QED) is 0.687. The molecule has 74 valence electrons. The van der Waals surface area contributed by atoms with E-state index in [-0.39, 0.29) is 30.1 Å². The van der Waals surface area contributed by atoms with E-state index in [2.05, 4.69) is 0 Å². The van der Waals surface area contributed by atoms with Crippen molar-refractivity contribution < 1.29 is 18.7 Å². The van der Waals surface area contributed by atoms with Gasteiger partial charge in [-0.05, 0) is 12.1 Å². The molecule has 4 heteroatoms. The number of rotatable bonds is 1. The predicted molar refractivity (Wildman–Crippen MR) is 47.4 cm³/mol. The number of ether oxygens (including phenoxy) is 2. The highest BCUT2D eigenvalue weighted by Crippen LogP contribution is 2.36. The summed E-state index contributed by atoms with van der Waals surface area (Å²) < 4.78 is 23.5. The Morgan fingerprint density at radius 2 is 2.29 bits per heavy atom. The summed E-state index contributed by atoms with van der Waals surface area (Å²) in [6.07, 6.45) is 0.219. The van der Waals surface area contributed by atoms with Crippen molar-refractivity contribution in [3.8, 4) is 11.5 Å². The van der Waals surface area contributed by atoms with Gasteiger partial charge in [-0.25, -0.2) is 4.39 Å². The number of Topliss-reactive ketones (excluding diaryl/α,β-unsaturated/α-hetero) is 1. The van der Waals surface area contributed by atoms with Crippen molar-refractivity contribution in [1.29, 1.82) is 0 Å². The molecule has 0 saturated heterocycles. The Labute approximate surface area is 80.4 Å². The van der Waals surface area contributed by atoms with Crippen molar-refractivity contribution in [2.24, 2.45) is 0 Å². The first-order valence-electron chi connectivity index (χ1n) is 4.26. The lowest BCUT2D eigenvalue weighted by Gasteiger charge is -2.18. The standard InChI is InChI=1S/C10H9FO3/c1-13-8-3-2-6(11)9-7(12)4-5-14-10(8)9/h2-3H,4-5H2,1H3. The molecule has 0 aliphatic carbocycles. The predicted octanol–water partition coefficient (Wildman–Crippen LogP) is 1.80. The summed E-state index contributed by atoms with van der Waals surface area (Å²) in [5.74, 6) is -0.161. The van der Waals surface area contributed by atoms with Crippen molar-refractivity contribution in [3.05, 3.63) is 23.5 Å². The summed E-state index contributed by atoms with van der Waals surface area (Å²) in [6.45, 7) is 0.283. The maximum atomic E-state index is 13.3. The number of halogens is 1. The Morgan fingerprint density at radius 1 is 1.50 bits per heavy atom. The summed E-state index contributed by atoms with van der Waals surface area (Å²) in [6, 6.07) is 2.66. The maximum absolute atomic E-state index is 13.3. The second-order valence-corrected chi connectivity index (χ2v) is 2.98. The third-order valence-corrected chi connectivity index (χ3v) is 2.14. The number of carbonyl (C=O) groups excluding carboxylic acids is 1. The molecule has 0 atom stereocenters. The van der Waals surface area contributed by atoms with Crippen LogP contribution in [-0.2, 0) is 0 Å². The Bertz CT molecular complexity index is 387. The molecule has 0 fully saturated rings. The lowest BCUT2D eigenvalue weighted by atomic mass is 10.0. The Kier molecular flexibility index (Phi) is 2.11. The van der Waals surface area contributed by atoms with Gasteiger partial charge in [-0.2, -0.15) is 0 Å². The zero-order valence-electron chi connectivity index (χ0n) is 7.67. The normalized spacial score (nSPS) is 14.6. The van der Waals surface area contributed by atoms with E-state index < -0.39 is 5.82 Å². The summed E-state index contributed by atoms with van der Waals surface area (Å²) >= 11 is 0. The van der Waals surface area contributed by atoms with Crippen LogP contribution in [0.3, 0.4) is 0 Å². The fourth-order valence-electron chi connectivity index (χ4n) is 1.47. The number of hydrogen-bond acceptors (Lipinski definition) is 3. The van der Waals surface area contributed by atoms with E-state index in [1.807, 2.05) is 0 Å². The smallest absolute Gasteiger partial charge is 0.174 e. The van der Waals surface area contributed by atoms with E-state index in [4.69, 9.17) is 9.47 Å². The van der Waals surface area contributed by atoms with Crippen LogP contribution >= 0.6 is 0 Å². The first-order valence-corrected chi connectivity index (χ1v) is 4.26. The van der Waals surface area contributed by atoms with Crippen LogP contribution in [0.25, 0.3) is 0 Å². The Balaban J connectivity index is 2.63. The van der Waals surface area contributed by atoms with E-state index >= 15 is 0 Å². The fourth-order valence-corrected chi connectivity index (χ4v) is 1.47. The molecule has 1 aliphatic heterocycles. The molecule has 0 aromatic heterocycles. The van der Waals surface area contributed by atoms with Crippen molar-refractivity contribution >= 4 is 5.78 Å². The summed E-state index contributed by atoms with van der Waals surface area (Å²) in [4.78, 5) is 11.4. The van der Waals surface area contributed by atoms with Gasteiger partial charge in [0.05, 0.1) is 19.3 Å². The van der Waals surface area contributed by atoms with Gasteiger partial charge in [0.15, 0.2) is 17.3 Å². The highest BCUT2D eigenvalue weighted by atomic mass is 19.1. The summed E-state index contributed by atoms with van der Waals surface area (Å²) in [7, 11) is 1.45. The van der Waals surface area contributed by atoms with Crippen molar-refractivity contribution in [2.75, 3.05) is 13.7 Å². The SMILES string of the molecule is COc1ccc(F)c2c1OCCC2=O. The molecule has 2 rings (SSSR count). The third-order valence-electron chi connectivity index (χ3n) is 2.14. The minimum absolute atomic E-state index is 0.00981. The second kappa shape index (κ2) is 3.29. The molecule has 1 aromatic carbocycles.